The molecule has 102 valence electrons. The van der Waals surface area contributed by atoms with Crippen molar-refractivity contribution in [2.24, 2.45) is 0 Å². The van der Waals surface area contributed by atoms with Crippen molar-refractivity contribution in [1.29, 1.82) is 0 Å². The van der Waals surface area contributed by atoms with Crippen molar-refractivity contribution in [1.82, 2.24) is 9.88 Å². The largest absolute Gasteiger partial charge is 0.433 e. The zero-order chi connectivity index (χ0) is 13.9. The van der Waals surface area contributed by atoms with Crippen LogP contribution in [0.25, 0.3) is 0 Å². The molecule has 1 aromatic heterocycles. The number of hydrogen-bond acceptors (Lipinski definition) is 4. The Morgan fingerprint density at radius 1 is 1.44 bits per heavy atom. The molecule has 4 nitrogen and oxygen atoms in total. The monoisotopic (exact) mass is 262 g/mol. The van der Waals surface area contributed by atoms with E-state index in [0.717, 1.165) is 12.3 Å². The lowest BCUT2D eigenvalue weighted by atomic mass is 10.2. The van der Waals surface area contributed by atoms with E-state index in [9.17, 15) is 13.2 Å². The molecule has 1 atom stereocenters. The highest BCUT2D eigenvalue weighted by Crippen LogP contribution is 2.30. The highest BCUT2D eigenvalue weighted by molar-refractivity contribution is 5.65. The summed E-state index contributed by atoms with van der Waals surface area (Å²) in [6.07, 6.45) is -3.44. The van der Waals surface area contributed by atoms with Crippen LogP contribution in [0.5, 0.6) is 0 Å². The quantitative estimate of drug-likeness (QED) is 0.872. The minimum absolute atomic E-state index is 0.173. The SMILES string of the molecule is CC(CNc1cc(C(F)(F)F)ncc1N)N(C)C. The Morgan fingerprint density at radius 3 is 2.56 bits per heavy atom. The molecule has 1 rings (SSSR count). The lowest BCUT2D eigenvalue weighted by Gasteiger charge is -2.21. The van der Waals surface area contributed by atoms with Crippen molar-refractivity contribution < 1.29 is 13.2 Å². The molecular formula is C11H17F3N4. The zero-order valence-corrected chi connectivity index (χ0v) is 10.5. The molecule has 1 aromatic rings. The molecule has 18 heavy (non-hydrogen) atoms. The van der Waals surface area contributed by atoms with Gasteiger partial charge in [0.2, 0.25) is 0 Å². The third-order valence-electron chi connectivity index (χ3n) is 2.69. The summed E-state index contributed by atoms with van der Waals surface area (Å²) >= 11 is 0. The lowest BCUT2D eigenvalue weighted by molar-refractivity contribution is -0.141. The number of hydrogen-bond donors (Lipinski definition) is 2. The normalized spacial score (nSPS) is 13.7. The van der Waals surface area contributed by atoms with E-state index in [2.05, 4.69) is 10.3 Å². The Balaban J connectivity index is 2.82. The van der Waals surface area contributed by atoms with E-state index < -0.39 is 11.9 Å². The molecule has 0 bridgehead atoms. The van der Waals surface area contributed by atoms with Gasteiger partial charge in [-0.2, -0.15) is 13.2 Å². The van der Waals surface area contributed by atoms with Gasteiger partial charge in [0.25, 0.3) is 0 Å². The van der Waals surface area contributed by atoms with Gasteiger partial charge in [0.15, 0.2) is 0 Å². The van der Waals surface area contributed by atoms with Gasteiger partial charge >= 0.3 is 6.18 Å². The smallest absolute Gasteiger partial charge is 0.396 e. The highest BCUT2D eigenvalue weighted by atomic mass is 19.4. The third kappa shape index (κ3) is 3.76. The molecule has 0 aliphatic heterocycles. The molecule has 0 aliphatic carbocycles. The van der Waals surface area contributed by atoms with E-state index in [-0.39, 0.29) is 17.4 Å². The second-order valence-electron chi connectivity index (χ2n) is 4.35. The molecule has 0 aromatic carbocycles. The summed E-state index contributed by atoms with van der Waals surface area (Å²) in [5.74, 6) is 0. The van der Waals surface area contributed by atoms with Crippen LogP contribution in [0.15, 0.2) is 12.3 Å². The van der Waals surface area contributed by atoms with E-state index in [1.165, 1.54) is 0 Å². The van der Waals surface area contributed by atoms with Crippen molar-refractivity contribution in [2.45, 2.75) is 19.1 Å². The molecule has 0 amide bonds. The first-order valence-corrected chi connectivity index (χ1v) is 5.45. The predicted octanol–water partition coefficient (Wildman–Crippen LogP) is 2.04. The summed E-state index contributed by atoms with van der Waals surface area (Å²) in [7, 11) is 3.78. The summed E-state index contributed by atoms with van der Waals surface area (Å²) in [6.45, 7) is 2.45. The molecular weight excluding hydrogens is 245 g/mol. The van der Waals surface area contributed by atoms with Crippen LogP contribution in [0.1, 0.15) is 12.6 Å². The fourth-order valence-electron chi connectivity index (χ4n) is 1.21. The number of likely N-dealkylation sites (N-methyl/N-ethyl adjacent to an activating group) is 1. The van der Waals surface area contributed by atoms with Crippen molar-refractivity contribution >= 4 is 11.4 Å². The topological polar surface area (TPSA) is 54.2 Å². The van der Waals surface area contributed by atoms with Crippen LogP contribution in [0, 0.1) is 0 Å². The fourth-order valence-corrected chi connectivity index (χ4v) is 1.21. The Labute approximate surface area is 104 Å². The molecule has 0 saturated carbocycles. The number of alkyl halides is 3. The van der Waals surface area contributed by atoms with Crippen molar-refractivity contribution in [3.63, 3.8) is 0 Å². The number of aromatic nitrogens is 1. The maximum absolute atomic E-state index is 12.5. The first-order chi connectivity index (χ1) is 8.21. The Bertz CT molecular complexity index is 404. The van der Waals surface area contributed by atoms with Crippen LogP contribution in [0.4, 0.5) is 24.5 Å². The summed E-state index contributed by atoms with van der Waals surface area (Å²) in [6, 6.07) is 1.10. The van der Waals surface area contributed by atoms with Gasteiger partial charge in [-0.15, -0.1) is 0 Å². The van der Waals surface area contributed by atoms with Gasteiger partial charge in [-0.25, -0.2) is 4.98 Å². The lowest BCUT2D eigenvalue weighted by Crippen LogP contribution is -2.31. The van der Waals surface area contributed by atoms with Crippen LogP contribution in [-0.2, 0) is 6.18 Å². The number of pyridine rings is 1. The van der Waals surface area contributed by atoms with E-state index in [0.29, 0.717) is 6.54 Å². The van der Waals surface area contributed by atoms with Crippen molar-refractivity contribution in [3.8, 4) is 0 Å². The van der Waals surface area contributed by atoms with Crippen LogP contribution in [0.2, 0.25) is 0 Å². The first kappa shape index (κ1) is 14.6. The number of nitrogens with zero attached hydrogens (tertiary/aromatic N) is 2. The molecule has 7 heteroatoms. The van der Waals surface area contributed by atoms with E-state index in [1.54, 1.807) is 0 Å². The fraction of sp³-hybridized carbons (Fsp3) is 0.545. The maximum atomic E-state index is 12.5. The molecule has 0 spiro atoms. The summed E-state index contributed by atoms with van der Waals surface area (Å²) in [5, 5.41) is 2.90. The number of nitrogens with two attached hydrogens (primary N) is 1. The standard InChI is InChI=1S/C11H17F3N4/c1-7(18(2)3)5-16-9-4-10(11(12,13)14)17-6-8(9)15/h4,6-7H,5,15H2,1-3H3,(H,16,17). The average Bonchev–Trinajstić information content (AvgIpc) is 2.25. The van der Waals surface area contributed by atoms with Crippen LogP contribution >= 0.6 is 0 Å². The van der Waals surface area contributed by atoms with Gasteiger partial charge in [0, 0.05) is 12.6 Å². The molecule has 1 heterocycles. The van der Waals surface area contributed by atoms with Crippen molar-refractivity contribution in [3.05, 3.63) is 18.0 Å². The van der Waals surface area contributed by atoms with Crippen LogP contribution in [-0.4, -0.2) is 36.6 Å². The van der Waals surface area contributed by atoms with Crippen LogP contribution < -0.4 is 11.1 Å². The molecule has 1 unspecified atom stereocenters. The van der Waals surface area contributed by atoms with E-state index >= 15 is 0 Å². The highest BCUT2D eigenvalue weighted by Gasteiger charge is 2.32. The minimum atomic E-state index is -4.46. The van der Waals surface area contributed by atoms with Gasteiger partial charge in [-0.1, -0.05) is 0 Å². The summed E-state index contributed by atoms with van der Waals surface area (Å²) < 4.78 is 37.5. The number of rotatable bonds is 4. The Kier molecular flexibility index (Phi) is 4.39. The zero-order valence-electron chi connectivity index (χ0n) is 10.5. The Hall–Kier alpha value is -1.50. The maximum Gasteiger partial charge on any atom is 0.433 e. The van der Waals surface area contributed by atoms with E-state index in [1.807, 2.05) is 25.9 Å². The number of halogens is 3. The average molecular weight is 262 g/mol. The van der Waals surface area contributed by atoms with Gasteiger partial charge in [0.1, 0.15) is 5.69 Å². The predicted molar refractivity (Wildman–Crippen MR) is 65.3 cm³/mol. The molecule has 0 saturated heterocycles. The minimum Gasteiger partial charge on any atom is -0.396 e. The molecule has 0 aliphatic rings. The molecule has 0 radical (unpaired) electrons. The summed E-state index contributed by atoms with van der Waals surface area (Å²) in [4.78, 5) is 5.23. The molecule has 0 fully saturated rings. The van der Waals surface area contributed by atoms with Crippen molar-refractivity contribution in [2.75, 3.05) is 31.7 Å². The van der Waals surface area contributed by atoms with Gasteiger partial charge in [-0.05, 0) is 27.1 Å². The second kappa shape index (κ2) is 5.43. The Morgan fingerprint density at radius 2 is 2.06 bits per heavy atom. The van der Waals surface area contributed by atoms with Gasteiger partial charge in [-0.3, -0.25) is 0 Å². The summed E-state index contributed by atoms with van der Waals surface area (Å²) in [5.41, 5.74) is 5.10. The van der Waals surface area contributed by atoms with Gasteiger partial charge < -0.3 is 16.0 Å². The molecule has 3 N–H and O–H groups in total. The number of nitrogen functional groups attached to an aromatic ring is 1. The van der Waals surface area contributed by atoms with Gasteiger partial charge in [0.05, 0.1) is 17.6 Å². The second-order valence-corrected chi connectivity index (χ2v) is 4.35. The number of nitrogens with one attached hydrogen (secondary N) is 1. The first-order valence-electron chi connectivity index (χ1n) is 5.45. The van der Waals surface area contributed by atoms with Crippen LogP contribution in [0.3, 0.4) is 0 Å². The number of anilines is 2. The van der Waals surface area contributed by atoms with E-state index in [4.69, 9.17) is 5.73 Å². The third-order valence-corrected chi connectivity index (χ3v) is 2.69.